The molecular formula is C42H29N3O. The van der Waals surface area contributed by atoms with Gasteiger partial charge in [-0.1, -0.05) is 122 Å². The van der Waals surface area contributed by atoms with Gasteiger partial charge in [0.1, 0.15) is 11.3 Å². The van der Waals surface area contributed by atoms with Crippen LogP contribution < -0.4 is 0 Å². The predicted octanol–water partition coefficient (Wildman–Crippen LogP) is 11.1. The van der Waals surface area contributed by atoms with E-state index in [1.165, 1.54) is 27.1 Å². The molecular weight excluding hydrogens is 562 g/mol. The summed E-state index contributed by atoms with van der Waals surface area (Å²) in [5.41, 5.74) is 7.09. The molecule has 0 bridgehead atoms. The Balaban J connectivity index is 1.39. The summed E-state index contributed by atoms with van der Waals surface area (Å²) in [5, 5.41) is 5.97. The Kier molecular flexibility index (Phi) is 6.13. The number of rotatable bonds is 4. The van der Waals surface area contributed by atoms with Gasteiger partial charge in [0, 0.05) is 27.6 Å². The van der Waals surface area contributed by atoms with Gasteiger partial charge < -0.3 is 4.42 Å². The number of aromatic nitrogens is 3. The second kappa shape index (κ2) is 10.6. The first-order valence-electron chi connectivity index (χ1n) is 15.8. The van der Waals surface area contributed by atoms with E-state index in [9.17, 15) is 0 Å². The summed E-state index contributed by atoms with van der Waals surface area (Å²) in [7, 11) is 0. The summed E-state index contributed by atoms with van der Waals surface area (Å²) >= 11 is 0. The molecule has 0 fully saturated rings. The molecule has 2 heterocycles. The molecule has 0 saturated carbocycles. The fraction of sp³-hybridized carbons (Fsp3) is 0.0714. The highest BCUT2D eigenvalue weighted by Gasteiger charge is 2.27. The van der Waals surface area contributed by atoms with E-state index in [4.69, 9.17) is 19.4 Å². The van der Waals surface area contributed by atoms with Crippen molar-refractivity contribution in [3.05, 3.63) is 145 Å². The molecule has 2 aromatic heterocycles. The second-order valence-electron chi connectivity index (χ2n) is 12.0. The van der Waals surface area contributed by atoms with Crippen molar-refractivity contribution in [2.45, 2.75) is 19.3 Å². The van der Waals surface area contributed by atoms with Gasteiger partial charge in [-0.05, 0) is 69.3 Å². The Morgan fingerprint density at radius 3 is 1.96 bits per heavy atom. The zero-order valence-electron chi connectivity index (χ0n) is 25.3. The lowest BCUT2D eigenvalue weighted by atomic mass is 9.86. The van der Waals surface area contributed by atoms with Gasteiger partial charge in [0.05, 0.1) is 0 Å². The molecule has 0 N–H and O–H groups in total. The van der Waals surface area contributed by atoms with E-state index in [2.05, 4.69) is 110 Å². The summed E-state index contributed by atoms with van der Waals surface area (Å²) in [4.78, 5) is 15.4. The number of hydrogen-bond donors (Lipinski definition) is 0. The van der Waals surface area contributed by atoms with Gasteiger partial charge in [-0.15, -0.1) is 0 Å². The lowest BCUT2D eigenvalue weighted by Gasteiger charge is -2.17. The topological polar surface area (TPSA) is 51.8 Å². The Morgan fingerprint density at radius 2 is 1.22 bits per heavy atom. The van der Waals surface area contributed by atoms with Crippen molar-refractivity contribution >= 4 is 38.6 Å². The molecule has 0 amide bonds. The highest BCUT2D eigenvalue weighted by Crippen LogP contribution is 2.46. The molecule has 1 aliphatic rings. The van der Waals surface area contributed by atoms with Crippen LogP contribution in [0, 0.1) is 0 Å². The highest BCUT2D eigenvalue weighted by atomic mass is 16.3. The van der Waals surface area contributed by atoms with Crippen LogP contribution in [0.4, 0.5) is 0 Å². The summed E-state index contributed by atoms with van der Waals surface area (Å²) < 4.78 is 6.51. The number of nitrogens with zero attached hydrogens (tertiary/aromatic N) is 3. The largest absolute Gasteiger partial charge is 0.456 e. The van der Waals surface area contributed by atoms with E-state index >= 15 is 0 Å². The van der Waals surface area contributed by atoms with Crippen molar-refractivity contribution < 1.29 is 4.42 Å². The fourth-order valence-electron chi connectivity index (χ4n) is 6.91. The van der Waals surface area contributed by atoms with Gasteiger partial charge >= 0.3 is 0 Å². The normalized spacial score (nSPS) is 14.2. The molecule has 1 unspecified atom stereocenters. The van der Waals surface area contributed by atoms with Crippen LogP contribution in [0.3, 0.4) is 0 Å². The zero-order chi connectivity index (χ0) is 30.6. The Bertz CT molecular complexity index is 2400. The Morgan fingerprint density at radius 1 is 0.587 bits per heavy atom. The number of fused-ring (bicyclic) bond motifs is 6. The van der Waals surface area contributed by atoms with Gasteiger partial charge in [-0.2, -0.15) is 0 Å². The molecule has 0 aliphatic heterocycles. The fourth-order valence-corrected chi connectivity index (χ4v) is 6.91. The molecule has 46 heavy (non-hydrogen) atoms. The van der Waals surface area contributed by atoms with E-state index in [0.717, 1.165) is 51.0 Å². The van der Waals surface area contributed by atoms with Crippen molar-refractivity contribution in [2.75, 3.05) is 0 Å². The maximum atomic E-state index is 6.51. The van der Waals surface area contributed by atoms with Crippen LogP contribution >= 0.6 is 0 Å². The highest BCUT2D eigenvalue weighted by molar-refractivity contribution is 6.10. The van der Waals surface area contributed by atoms with E-state index in [1.807, 2.05) is 36.4 Å². The van der Waals surface area contributed by atoms with Crippen LogP contribution in [0.2, 0.25) is 0 Å². The van der Waals surface area contributed by atoms with E-state index in [0.29, 0.717) is 23.4 Å². The average molecular weight is 592 g/mol. The zero-order valence-corrected chi connectivity index (χ0v) is 25.3. The summed E-state index contributed by atoms with van der Waals surface area (Å²) in [6.07, 6.45) is 5.27. The minimum absolute atomic E-state index is 0.292. The first kappa shape index (κ1) is 26.5. The third kappa shape index (κ3) is 4.33. The van der Waals surface area contributed by atoms with Gasteiger partial charge in [0.15, 0.2) is 17.5 Å². The Labute approximate surface area is 266 Å². The molecule has 1 atom stereocenters. The molecule has 218 valence electrons. The van der Waals surface area contributed by atoms with Crippen LogP contribution in [0.15, 0.2) is 138 Å². The van der Waals surface area contributed by atoms with Crippen LogP contribution in [0.5, 0.6) is 0 Å². The van der Waals surface area contributed by atoms with Crippen molar-refractivity contribution in [3.63, 3.8) is 0 Å². The van der Waals surface area contributed by atoms with Gasteiger partial charge in [-0.25, -0.2) is 15.0 Å². The minimum Gasteiger partial charge on any atom is -0.456 e. The standard InChI is InChI=1S/C42H29N3O/c1-26-11-10-18-35-37(26)39-36(46-35)24-23-33(31-22-21-28-20-19-27-12-8-9-17-32(27)34(28)25-31)38(39)42-44-40(29-13-4-2-5-14-29)43-41(45-42)30-15-6-3-7-16-30/h2-10,12-26H,11H2,1H3. The van der Waals surface area contributed by atoms with Gasteiger partial charge in [-0.3, -0.25) is 0 Å². The predicted molar refractivity (Wildman–Crippen MR) is 188 cm³/mol. The SMILES string of the molecule is CC1CC=Cc2oc3ccc(-c4ccc5ccc6ccccc6c5c4)c(-c4nc(-c5ccccc5)nc(-c5ccccc5)n4)c3c21. The summed E-state index contributed by atoms with van der Waals surface area (Å²) in [6, 6.07) is 44.3. The molecule has 0 saturated heterocycles. The molecule has 0 spiro atoms. The third-order valence-corrected chi connectivity index (χ3v) is 9.15. The van der Waals surface area contributed by atoms with Crippen LogP contribution in [0.1, 0.15) is 30.6 Å². The number of allylic oxidation sites excluding steroid dienone is 1. The van der Waals surface area contributed by atoms with Crippen molar-refractivity contribution in [2.24, 2.45) is 0 Å². The molecule has 4 heteroatoms. The molecule has 6 aromatic carbocycles. The van der Waals surface area contributed by atoms with Crippen LogP contribution in [-0.2, 0) is 0 Å². The molecule has 1 aliphatic carbocycles. The summed E-state index contributed by atoms with van der Waals surface area (Å²) in [5.74, 6) is 3.12. The number of hydrogen-bond acceptors (Lipinski definition) is 4. The van der Waals surface area contributed by atoms with Crippen molar-refractivity contribution in [1.82, 2.24) is 15.0 Å². The number of benzene rings is 6. The lowest BCUT2D eigenvalue weighted by molar-refractivity contribution is 0.586. The second-order valence-corrected chi connectivity index (χ2v) is 12.0. The maximum absolute atomic E-state index is 6.51. The van der Waals surface area contributed by atoms with Gasteiger partial charge in [0.25, 0.3) is 0 Å². The number of furan rings is 1. The monoisotopic (exact) mass is 591 g/mol. The smallest absolute Gasteiger partial charge is 0.165 e. The first-order chi connectivity index (χ1) is 22.7. The van der Waals surface area contributed by atoms with Crippen molar-refractivity contribution in [1.29, 1.82) is 0 Å². The van der Waals surface area contributed by atoms with E-state index in [-0.39, 0.29) is 0 Å². The maximum Gasteiger partial charge on any atom is 0.165 e. The molecule has 8 aromatic rings. The average Bonchev–Trinajstić information content (AvgIpc) is 3.51. The van der Waals surface area contributed by atoms with Crippen molar-refractivity contribution in [3.8, 4) is 45.3 Å². The first-order valence-corrected chi connectivity index (χ1v) is 15.8. The van der Waals surface area contributed by atoms with Crippen LogP contribution in [0.25, 0.3) is 83.9 Å². The third-order valence-electron chi connectivity index (χ3n) is 9.15. The quantitative estimate of drug-likeness (QED) is 0.191. The molecule has 4 nitrogen and oxygen atoms in total. The van der Waals surface area contributed by atoms with E-state index in [1.54, 1.807) is 0 Å². The van der Waals surface area contributed by atoms with Gasteiger partial charge in [0.2, 0.25) is 0 Å². The minimum atomic E-state index is 0.292. The molecule has 0 radical (unpaired) electrons. The van der Waals surface area contributed by atoms with Crippen LogP contribution in [-0.4, -0.2) is 15.0 Å². The Hall–Kier alpha value is -5.87. The lowest BCUT2D eigenvalue weighted by Crippen LogP contribution is -2.03. The summed E-state index contributed by atoms with van der Waals surface area (Å²) in [6.45, 7) is 2.27. The molecule has 9 rings (SSSR count). The van der Waals surface area contributed by atoms with E-state index < -0.39 is 0 Å².